The van der Waals surface area contributed by atoms with E-state index in [1.807, 2.05) is 20.8 Å². The lowest BCUT2D eigenvalue weighted by Crippen LogP contribution is -2.38. The summed E-state index contributed by atoms with van der Waals surface area (Å²) in [6.07, 6.45) is 0. The second-order valence-electron chi connectivity index (χ2n) is 7.87. The van der Waals surface area contributed by atoms with Crippen molar-refractivity contribution in [2.24, 2.45) is 0 Å². The number of likely N-dealkylation sites (N-methyl/N-ethyl adjacent to an activating group) is 1. The lowest BCUT2D eigenvalue weighted by molar-refractivity contribution is -0.140. The Bertz CT molecular complexity index is 1100. The van der Waals surface area contributed by atoms with E-state index in [2.05, 4.69) is 4.90 Å². The van der Waals surface area contributed by atoms with Crippen molar-refractivity contribution in [3.05, 3.63) is 68.7 Å². The van der Waals surface area contributed by atoms with E-state index < -0.39 is 17.7 Å². The van der Waals surface area contributed by atoms with Crippen LogP contribution in [0.25, 0.3) is 5.76 Å². The molecule has 8 heteroatoms. The number of aryl methyl sites for hydroxylation is 1. The van der Waals surface area contributed by atoms with Crippen molar-refractivity contribution >= 4 is 40.7 Å². The number of ketones is 1. The molecule has 2 aromatic carbocycles. The van der Waals surface area contributed by atoms with Crippen molar-refractivity contribution in [3.63, 3.8) is 0 Å². The van der Waals surface area contributed by atoms with E-state index in [1.165, 1.54) is 4.90 Å². The van der Waals surface area contributed by atoms with Crippen LogP contribution in [0.1, 0.15) is 36.6 Å². The van der Waals surface area contributed by atoms with Gasteiger partial charge in [-0.3, -0.25) is 9.59 Å². The van der Waals surface area contributed by atoms with Crippen LogP contribution in [0.2, 0.25) is 10.0 Å². The number of likely N-dealkylation sites (tertiary alicyclic amines) is 1. The van der Waals surface area contributed by atoms with Crippen molar-refractivity contribution in [2.45, 2.75) is 26.8 Å². The minimum atomic E-state index is -0.781. The zero-order valence-corrected chi connectivity index (χ0v) is 20.7. The van der Waals surface area contributed by atoms with Gasteiger partial charge in [-0.05, 0) is 61.5 Å². The molecule has 0 aromatic heterocycles. The summed E-state index contributed by atoms with van der Waals surface area (Å²) in [6.45, 7) is 8.46. The zero-order chi connectivity index (χ0) is 24.3. The SMILES string of the molecule is CCN(CC)CCN1C(=O)C(=O)/C(=C(/O)c2ccc(OC)cc2C)[C@@H]1c1ccc(Cl)c(Cl)c1. The summed E-state index contributed by atoms with van der Waals surface area (Å²) in [5.41, 5.74) is 1.82. The monoisotopic (exact) mass is 490 g/mol. The molecule has 1 saturated heterocycles. The minimum Gasteiger partial charge on any atom is -0.507 e. The number of benzene rings is 2. The number of amides is 1. The number of hydrogen-bond acceptors (Lipinski definition) is 5. The Kier molecular flexibility index (Phi) is 8.05. The molecule has 1 fully saturated rings. The summed E-state index contributed by atoms with van der Waals surface area (Å²) in [6, 6.07) is 9.35. The number of carbonyl (C=O) groups is 2. The summed E-state index contributed by atoms with van der Waals surface area (Å²) >= 11 is 12.4. The Labute approximate surface area is 204 Å². The molecule has 1 N–H and O–H groups in total. The molecule has 0 unspecified atom stereocenters. The first-order chi connectivity index (χ1) is 15.7. The van der Waals surface area contributed by atoms with Gasteiger partial charge in [-0.1, -0.05) is 43.1 Å². The third-order valence-corrected chi connectivity index (χ3v) is 6.78. The van der Waals surface area contributed by atoms with Crippen LogP contribution < -0.4 is 4.74 Å². The topological polar surface area (TPSA) is 70.1 Å². The first-order valence-electron chi connectivity index (χ1n) is 10.8. The summed E-state index contributed by atoms with van der Waals surface area (Å²) in [7, 11) is 1.56. The highest BCUT2D eigenvalue weighted by molar-refractivity contribution is 6.47. The summed E-state index contributed by atoms with van der Waals surface area (Å²) in [5.74, 6) is -0.969. The van der Waals surface area contributed by atoms with Crippen molar-refractivity contribution in [3.8, 4) is 5.75 Å². The maximum absolute atomic E-state index is 13.2. The van der Waals surface area contributed by atoms with Crippen LogP contribution in [0, 0.1) is 6.92 Å². The van der Waals surface area contributed by atoms with Gasteiger partial charge in [0.2, 0.25) is 0 Å². The molecular formula is C25H28Cl2N2O4. The van der Waals surface area contributed by atoms with Crippen LogP contribution in [0.4, 0.5) is 0 Å². The fraction of sp³-hybridized carbons (Fsp3) is 0.360. The lowest BCUT2D eigenvalue weighted by atomic mass is 9.94. The van der Waals surface area contributed by atoms with Gasteiger partial charge in [0, 0.05) is 18.7 Å². The Morgan fingerprint density at radius 1 is 1.09 bits per heavy atom. The number of ether oxygens (including phenoxy) is 1. The van der Waals surface area contributed by atoms with Gasteiger partial charge in [-0.25, -0.2) is 0 Å². The number of halogens is 2. The summed E-state index contributed by atoms with van der Waals surface area (Å²) in [4.78, 5) is 29.9. The van der Waals surface area contributed by atoms with Gasteiger partial charge in [0.25, 0.3) is 11.7 Å². The Hall–Kier alpha value is -2.54. The molecule has 0 saturated carbocycles. The van der Waals surface area contributed by atoms with E-state index in [0.717, 1.165) is 13.1 Å². The number of rotatable bonds is 8. The number of aliphatic hydroxyl groups is 1. The average Bonchev–Trinajstić information content (AvgIpc) is 3.06. The molecule has 1 aliphatic heterocycles. The van der Waals surface area contributed by atoms with Gasteiger partial charge >= 0.3 is 0 Å². The summed E-state index contributed by atoms with van der Waals surface area (Å²) < 4.78 is 5.24. The van der Waals surface area contributed by atoms with E-state index in [1.54, 1.807) is 43.5 Å². The van der Waals surface area contributed by atoms with Gasteiger partial charge in [0.15, 0.2) is 0 Å². The van der Waals surface area contributed by atoms with Crippen LogP contribution in [0.15, 0.2) is 42.0 Å². The maximum atomic E-state index is 13.2. The molecule has 176 valence electrons. The van der Waals surface area contributed by atoms with Crippen LogP contribution in [-0.2, 0) is 9.59 Å². The zero-order valence-electron chi connectivity index (χ0n) is 19.2. The predicted molar refractivity (Wildman–Crippen MR) is 131 cm³/mol. The van der Waals surface area contributed by atoms with Gasteiger partial charge in [0.05, 0.1) is 28.8 Å². The Morgan fingerprint density at radius 2 is 1.79 bits per heavy atom. The first-order valence-corrected chi connectivity index (χ1v) is 11.6. The molecule has 6 nitrogen and oxygen atoms in total. The van der Waals surface area contributed by atoms with Crippen LogP contribution in [0.3, 0.4) is 0 Å². The number of methoxy groups -OCH3 is 1. The van der Waals surface area contributed by atoms with Crippen molar-refractivity contribution in [2.75, 3.05) is 33.3 Å². The number of aliphatic hydroxyl groups excluding tert-OH is 1. The molecular weight excluding hydrogens is 463 g/mol. The smallest absolute Gasteiger partial charge is 0.295 e. The first kappa shape index (κ1) is 25.1. The maximum Gasteiger partial charge on any atom is 0.295 e. The van der Waals surface area contributed by atoms with E-state index >= 15 is 0 Å². The molecule has 33 heavy (non-hydrogen) atoms. The highest BCUT2D eigenvalue weighted by Crippen LogP contribution is 2.41. The highest BCUT2D eigenvalue weighted by atomic mass is 35.5. The molecule has 0 aliphatic carbocycles. The average molecular weight is 491 g/mol. The van der Waals surface area contributed by atoms with Gasteiger partial charge < -0.3 is 19.6 Å². The van der Waals surface area contributed by atoms with Gasteiger partial charge in [-0.2, -0.15) is 0 Å². The van der Waals surface area contributed by atoms with Crippen molar-refractivity contribution in [1.29, 1.82) is 0 Å². The van der Waals surface area contributed by atoms with Crippen LogP contribution in [0.5, 0.6) is 5.75 Å². The van der Waals surface area contributed by atoms with Crippen LogP contribution in [-0.4, -0.2) is 59.9 Å². The molecule has 1 atom stereocenters. The molecule has 3 rings (SSSR count). The quantitative estimate of drug-likeness (QED) is 0.317. The van der Waals surface area contributed by atoms with Crippen molar-refractivity contribution in [1.82, 2.24) is 9.80 Å². The minimum absolute atomic E-state index is 0.0335. The molecule has 1 amide bonds. The fourth-order valence-corrected chi connectivity index (χ4v) is 4.41. The van der Waals surface area contributed by atoms with Crippen LogP contribution >= 0.6 is 23.2 Å². The molecule has 0 spiro atoms. The Balaban J connectivity index is 2.15. The normalized spacial score (nSPS) is 17.8. The second-order valence-corrected chi connectivity index (χ2v) is 8.69. The molecule has 0 radical (unpaired) electrons. The third-order valence-electron chi connectivity index (χ3n) is 6.04. The lowest BCUT2D eigenvalue weighted by Gasteiger charge is -2.28. The standard InChI is InChI=1S/C25H28Cl2N2O4/c1-5-28(6-2)11-12-29-22(16-7-10-19(26)20(27)14-16)21(24(31)25(29)32)23(30)18-9-8-17(33-4)13-15(18)3/h7-10,13-14,22,30H,5-6,11-12H2,1-4H3/b23-21+/t22-/m0/s1. The predicted octanol–water partition coefficient (Wildman–Crippen LogP) is 5.07. The molecule has 1 heterocycles. The van der Waals surface area contributed by atoms with Gasteiger partial charge in [-0.15, -0.1) is 0 Å². The number of Topliss-reactive ketones (excluding diaryl/α,β-unsaturated/α-hetero) is 1. The number of carbonyl (C=O) groups excluding carboxylic acids is 2. The molecule has 2 aromatic rings. The Morgan fingerprint density at radius 3 is 2.36 bits per heavy atom. The largest absolute Gasteiger partial charge is 0.507 e. The number of hydrogen-bond donors (Lipinski definition) is 1. The van der Waals surface area contributed by atoms with Crippen molar-refractivity contribution < 1.29 is 19.4 Å². The highest BCUT2D eigenvalue weighted by Gasteiger charge is 2.46. The van der Waals surface area contributed by atoms with E-state index in [9.17, 15) is 14.7 Å². The summed E-state index contributed by atoms with van der Waals surface area (Å²) in [5, 5.41) is 11.9. The third kappa shape index (κ3) is 5.03. The van der Waals surface area contributed by atoms with Gasteiger partial charge in [0.1, 0.15) is 11.5 Å². The van der Waals surface area contributed by atoms with E-state index in [-0.39, 0.29) is 11.3 Å². The van der Waals surface area contributed by atoms with E-state index in [4.69, 9.17) is 27.9 Å². The fourth-order valence-electron chi connectivity index (χ4n) is 4.10. The molecule has 1 aliphatic rings. The molecule has 0 bridgehead atoms. The van der Waals surface area contributed by atoms with E-state index in [0.29, 0.717) is 45.6 Å². The second kappa shape index (κ2) is 10.6. The number of nitrogens with zero attached hydrogens (tertiary/aromatic N) is 2.